The van der Waals surface area contributed by atoms with E-state index in [0.717, 1.165) is 12.8 Å². The van der Waals surface area contributed by atoms with Gasteiger partial charge >= 0.3 is 5.97 Å². The SMILES string of the molecule is O=C(O)[C@@H]1[C@@H](c2ccccc2)[C@@H]2CCCCC2=C2CCCC[C@@H]21. The van der Waals surface area contributed by atoms with Crippen molar-refractivity contribution < 1.29 is 9.90 Å². The molecule has 0 radical (unpaired) electrons. The lowest BCUT2D eigenvalue weighted by molar-refractivity contribution is -0.145. The molecule has 0 amide bonds. The van der Waals surface area contributed by atoms with Crippen molar-refractivity contribution in [2.45, 2.75) is 57.3 Å². The monoisotopic (exact) mass is 310 g/mol. The highest BCUT2D eigenvalue weighted by Crippen LogP contribution is 2.56. The van der Waals surface area contributed by atoms with Crippen molar-refractivity contribution in [1.29, 1.82) is 0 Å². The lowest BCUT2D eigenvalue weighted by Gasteiger charge is -2.48. The van der Waals surface area contributed by atoms with Gasteiger partial charge in [-0.3, -0.25) is 4.79 Å². The third kappa shape index (κ3) is 2.52. The predicted octanol–water partition coefficient (Wildman–Crippen LogP) is 5.16. The highest BCUT2D eigenvalue weighted by Gasteiger charge is 2.48. The molecular formula is C21H26O2. The number of fused-ring (bicyclic) bond motifs is 2. The molecule has 3 aliphatic carbocycles. The number of hydrogen-bond acceptors (Lipinski definition) is 1. The van der Waals surface area contributed by atoms with Gasteiger partial charge in [-0.2, -0.15) is 0 Å². The van der Waals surface area contributed by atoms with Gasteiger partial charge in [0.25, 0.3) is 0 Å². The van der Waals surface area contributed by atoms with Crippen LogP contribution < -0.4 is 0 Å². The summed E-state index contributed by atoms with van der Waals surface area (Å²) in [5.41, 5.74) is 4.46. The highest BCUT2D eigenvalue weighted by atomic mass is 16.4. The molecule has 0 aliphatic heterocycles. The fraction of sp³-hybridized carbons (Fsp3) is 0.571. The highest BCUT2D eigenvalue weighted by molar-refractivity contribution is 5.73. The molecule has 2 nitrogen and oxygen atoms in total. The van der Waals surface area contributed by atoms with Crippen LogP contribution in [0.2, 0.25) is 0 Å². The Morgan fingerprint density at radius 2 is 1.48 bits per heavy atom. The van der Waals surface area contributed by atoms with E-state index in [1.807, 2.05) is 6.07 Å². The van der Waals surface area contributed by atoms with Crippen molar-refractivity contribution in [2.75, 3.05) is 0 Å². The Morgan fingerprint density at radius 3 is 2.13 bits per heavy atom. The smallest absolute Gasteiger partial charge is 0.307 e. The number of allylic oxidation sites excluding steroid dienone is 2. The predicted molar refractivity (Wildman–Crippen MR) is 91.3 cm³/mol. The molecule has 23 heavy (non-hydrogen) atoms. The summed E-state index contributed by atoms with van der Waals surface area (Å²) in [6.07, 6.45) is 9.61. The van der Waals surface area contributed by atoms with Crippen LogP contribution >= 0.6 is 0 Å². The first-order chi connectivity index (χ1) is 11.3. The number of rotatable bonds is 2. The number of hydrogen-bond donors (Lipinski definition) is 1. The Morgan fingerprint density at radius 1 is 0.870 bits per heavy atom. The number of carbonyl (C=O) groups is 1. The zero-order valence-electron chi connectivity index (χ0n) is 13.7. The zero-order valence-corrected chi connectivity index (χ0v) is 13.7. The lowest BCUT2D eigenvalue weighted by Crippen LogP contribution is -2.42. The largest absolute Gasteiger partial charge is 0.481 e. The Hall–Kier alpha value is -1.57. The first-order valence-corrected chi connectivity index (χ1v) is 9.27. The van der Waals surface area contributed by atoms with E-state index in [0.29, 0.717) is 5.92 Å². The van der Waals surface area contributed by atoms with Crippen molar-refractivity contribution in [1.82, 2.24) is 0 Å². The van der Waals surface area contributed by atoms with Crippen molar-refractivity contribution in [2.24, 2.45) is 17.8 Å². The van der Waals surface area contributed by atoms with E-state index in [-0.39, 0.29) is 17.8 Å². The topological polar surface area (TPSA) is 37.3 Å². The molecule has 0 heterocycles. The van der Waals surface area contributed by atoms with Crippen LogP contribution in [0.4, 0.5) is 0 Å². The van der Waals surface area contributed by atoms with Crippen molar-refractivity contribution in [3.05, 3.63) is 47.0 Å². The normalized spacial score (nSPS) is 33.7. The molecular weight excluding hydrogens is 284 g/mol. The van der Waals surface area contributed by atoms with Crippen LogP contribution in [0.25, 0.3) is 0 Å². The summed E-state index contributed by atoms with van der Waals surface area (Å²) >= 11 is 0. The van der Waals surface area contributed by atoms with Crippen LogP contribution in [0.5, 0.6) is 0 Å². The Kier molecular flexibility index (Phi) is 4.00. The van der Waals surface area contributed by atoms with Gasteiger partial charge in [-0.15, -0.1) is 0 Å². The van der Waals surface area contributed by atoms with Gasteiger partial charge in [-0.05, 0) is 55.9 Å². The minimum atomic E-state index is -0.576. The van der Waals surface area contributed by atoms with Crippen LogP contribution in [0, 0.1) is 17.8 Å². The van der Waals surface area contributed by atoms with Gasteiger partial charge in [0.1, 0.15) is 0 Å². The molecule has 1 aromatic carbocycles. The maximum atomic E-state index is 12.2. The van der Waals surface area contributed by atoms with E-state index in [9.17, 15) is 9.90 Å². The molecule has 0 bridgehead atoms. The summed E-state index contributed by atoms with van der Waals surface area (Å²) in [4.78, 5) is 12.2. The minimum Gasteiger partial charge on any atom is -0.481 e. The van der Waals surface area contributed by atoms with Crippen LogP contribution in [0.1, 0.15) is 62.8 Å². The second-order valence-corrected chi connectivity index (χ2v) is 7.56. The van der Waals surface area contributed by atoms with E-state index >= 15 is 0 Å². The van der Waals surface area contributed by atoms with E-state index < -0.39 is 5.97 Å². The fourth-order valence-corrected chi connectivity index (χ4v) is 5.61. The van der Waals surface area contributed by atoms with Crippen LogP contribution in [0.15, 0.2) is 41.5 Å². The van der Waals surface area contributed by atoms with E-state index in [1.54, 1.807) is 11.1 Å². The molecule has 0 unspecified atom stereocenters. The third-order valence-corrected chi connectivity index (χ3v) is 6.45. The lowest BCUT2D eigenvalue weighted by atomic mass is 9.56. The maximum absolute atomic E-state index is 12.2. The standard InChI is InChI=1S/C21H26O2/c22-21(23)20-18-13-7-5-11-16(18)15-10-4-6-12-17(15)19(20)14-8-2-1-3-9-14/h1-3,8-9,17-20H,4-7,10-13H2,(H,22,23)/t17-,18+,19+,20+/m1/s1. The number of carboxylic acid groups (broad SMARTS) is 1. The number of carboxylic acids is 1. The maximum Gasteiger partial charge on any atom is 0.307 e. The molecule has 3 aliphatic rings. The van der Waals surface area contributed by atoms with E-state index in [4.69, 9.17) is 0 Å². The van der Waals surface area contributed by atoms with Gasteiger partial charge in [-0.1, -0.05) is 54.3 Å². The van der Waals surface area contributed by atoms with Gasteiger partial charge in [-0.25, -0.2) is 0 Å². The molecule has 2 fully saturated rings. The van der Waals surface area contributed by atoms with Crippen LogP contribution in [-0.2, 0) is 4.79 Å². The molecule has 0 spiro atoms. The Bertz CT molecular complexity index is 616. The fourth-order valence-electron chi connectivity index (χ4n) is 5.61. The first-order valence-electron chi connectivity index (χ1n) is 9.27. The molecule has 0 saturated heterocycles. The second-order valence-electron chi connectivity index (χ2n) is 7.56. The van der Waals surface area contributed by atoms with Crippen LogP contribution in [-0.4, -0.2) is 11.1 Å². The average molecular weight is 310 g/mol. The first kappa shape index (κ1) is 15.0. The second kappa shape index (κ2) is 6.14. The summed E-state index contributed by atoms with van der Waals surface area (Å²) in [5, 5.41) is 10.1. The summed E-state index contributed by atoms with van der Waals surface area (Å²) in [5.74, 6) is 0.135. The van der Waals surface area contributed by atoms with Gasteiger partial charge in [0, 0.05) is 5.92 Å². The van der Waals surface area contributed by atoms with Crippen molar-refractivity contribution in [3.8, 4) is 0 Å². The van der Waals surface area contributed by atoms with Crippen molar-refractivity contribution in [3.63, 3.8) is 0 Å². The van der Waals surface area contributed by atoms with Gasteiger partial charge in [0.05, 0.1) is 5.92 Å². The molecule has 1 aromatic rings. The molecule has 2 heteroatoms. The minimum absolute atomic E-state index is 0.177. The summed E-state index contributed by atoms with van der Waals surface area (Å²) in [6, 6.07) is 10.5. The summed E-state index contributed by atoms with van der Waals surface area (Å²) < 4.78 is 0. The van der Waals surface area contributed by atoms with Crippen LogP contribution in [0.3, 0.4) is 0 Å². The van der Waals surface area contributed by atoms with Gasteiger partial charge in [0.15, 0.2) is 0 Å². The molecule has 0 aromatic heterocycles. The van der Waals surface area contributed by atoms with E-state index in [2.05, 4.69) is 24.3 Å². The Labute approximate surface area is 138 Å². The third-order valence-electron chi connectivity index (χ3n) is 6.45. The average Bonchev–Trinajstić information content (AvgIpc) is 2.61. The number of benzene rings is 1. The van der Waals surface area contributed by atoms with Gasteiger partial charge in [0.2, 0.25) is 0 Å². The Balaban J connectivity index is 1.85. The zero-order chi connectivity index (χ0) is 15.8. The summed E-state index contributed by atoms with van der Waals surface area (Å²) in [6.45, 7) is 0. The number of aliphatic carboxylic acids is 1. The summed E-state index contributed by atoms with van der Waals surface area (Å²) in [7, 11) is 0. The quantitative estimate of drug-likeness (QED) is 0.766. The molecule has 4 rings (SSSR count). The van der Waals surface area contributed by atoms with Crippen molar-refractivity contribution >= 4 is 5.97 Å². The molecule has 1 N–H and O–H groups in total. The molecule has 4 atom stereocenters. The molecule has 2 saturated carbocycles. The van der Waals surface area contributed by atoms with E-state index in [1.165, 1.54) is 44.1 Å². The van der Waals surface area contributed by atoms with Gasteiger partial charge < -0.3 is 5.11 Å². The molecule has 122 valence electrons.